The Bertz CT molecular complexity index is 1500. The average Bonchev–Trinajstić information content (AvgIpc) is 3.11. The van der Waals surface area contributed by atoms with Crippen LogP contribution in [0, 0.1) is 23.2 Å². The second-order valence-corrected chi connectivity index (χ2v) is 9.01. The Balaban J connectivity index is 1.69. The summed E-state index contributed by atoms with van der Waals surface area (Å²) in [6, 6.07) is 21.1. The number of nitrogens with two attached hydrogens (primary N) is 1. The van der Waals surface area contributed by atoms with E-state index in [1.807, 2.05) is 30.3 Å². The van der Waals surface area contributed by atoms with Gasteiger partial charge in [0.2, 0.25) is 11.8 Å². The van der Waals surface area contributed by atoms with Gasteiger partial charge in [-0.05, 0) is 62.2 Å². The molecular formula is C27H23ClN4O2. The molecule has 5 rings (SSSR count). The molecule has 1 aliphatic carbocycles. The summed E-state index contributed by atoms with van der Waals surface area (Å²) in [5.74, 6) is -1.62. The smallest absolute Gasteiger partial charge is 0.235 e. The molecule has 1 aromatic heterocycles. The molecule has 3 aromatic carbocycles. The molecule has 0 spiro atoms. The van der Waals surface area contributed by atoms with Crippen LogP contribution in [0.5, 0.6) is 0 Å². The summed E-state index contributed by atoms with van der Waals surface area (Å²) >= 11 is 6.33. The number of hydrogen-bond donors (Lipinski definition) is 1. The van der Waals surface area contributed by atoms with Gasteiger partial charge >= 0.3 is 0 Å². The topological polar surface area (TPSA) is 92.1 Å². The van der Waals surface area contributed by atoms with Gasteiger partial charge in [-0.2, -0.15) is 5.26 Å². The molecule has 4 aromatic rings. The van der Waals surface area contributed by atoms with Crippen LogP contribution in [0.2, 0.25) is 5.02 Å². The number of benzene rings is 3. The van der Waals surface area contributed by atoms with Crippen molar-refractivity contribution in [3.63, 3.8) is 0 Å². The van der Waals surface area contributed by atoms with E-state index in [-0.39, 0.29) is 10.9 Å². The molecule has 1 fully saturated rings. The van der Waals surface area contributed by atoms with Gasteiger partial charge in [0, 0.05) is 40.0 Å². The number of anilines is 2. The number of rotatable bonds is 5. The largest absolute Gasteiger partial charge is 0.369 e. The molecule has 1 saturated carbocycles. The molecule has 0 radical (unpaired) electrons. The lowest BCUT2D eigenvalue weighted by Gasteiger charge is -2.37. The fourth-order valence-electron chi connectivity index (χ4n) is 4.96. The van der Waals surface area contributed by atoms with Gasteiger partial charge in [0.25, 0.3) is 0 Å². The maximum absolute atomic E-state index is 13.8. The molecule has 0 aliphatic heterocycles. The second kappa shape index (κ2) is 8.51. The average molecular weight is 471 g/mol. The number of primary amides is 1. The number of aromatic nitrogens is 1. The van der Waals surface area contributed by atoms with Gasteiger partial charge in [-0.15, -0.1) is 0 Å². The maximum Gasteiger partial charge on any atom is 0.235 e. The Hall–Kier alpha value is -3.82. The van der Waals surface area contributed by atoms with Crippen LogP contribution in [-0.4, -0.2) is 16.4 Å². The van der Waals surface area contributed by atoms with Gasteiger partial charge in [0.05, 0.1) is 22.2 Å². The van der Waals surface area contributed by atoms with E-state index in [1.54, 1.807) is 23.1 Å². The van der Waals surface area contributed by atoms with Crippen molar-refractivity contribution in [3.05, 3.63) is 71.2 Å². The van der Waals surface area contributed by atoms with Crippen LogP contribution in [0.3, 0.4) is 0 Å². The second-order valence-electron chi connectivity index (χ2n) is 8.61. The zero-order valence-electron chi connectivity index (χ0n) is 18.7. The van der Waals surface area contributed by atoms with E-state index in [4.69, 9.17) is 17.3 Å². The van der Waals surface area contributed by atoms with Crippen molar-refractivity contribution in [2.45, 2.75) is 26.3 Å². The van der Waals surface area contributed by atoms with E-state index in [2.05, 4.69) is 29.7 Å². The summed E-state index contributed by atoms with van der Waals surface area (Å²) in [6.45, 7) is 2.93. The predicted molar refractivity (Wildman–Crippen MR) is 134 cm³/mol. The molecule has 2 amide bonds. The molecule has 0 bridgehead atoms. The van der Waals surface area contributed by atoms with E-state index in [1.165, 1.54) is 0 Å². The number of para-hydroxylation sites is 1. The number of nitriles is 1. The lowest BCUT2D eigenvalue weighted by Crippen LogP contribution is -2.46. The number of aryl methyl sites for hydroxylation is 1. The van der Waals surface area contributed by atoms with Crippen molar-refractivity contribution < 1.29 is 9.59 Å². The first-order valence-corrected chi connectivity index (χ1v) is 11.7. The summed E-state index contributed by atoms with van der Waals surface area (Å²) in [5.41, 5.74) is 9.31. The van der Waals surface area contributed by atoms with Gasteiger partial charge < -0.3 is 10.3 Å². The Labute approximate surface area is 202 Å². The zero-order chi connectivity index (χ0) is 24.0. The summed E-state index contributed by atoms with van der Waals surface area (Å²) in [5, 5.41) is 11.7. The van der Waals surface area contributed by atoms with Crippen LogP contribution in [-0.2, 0) is 16.1 Å². The van der Waals surface area contributed by atoms with E-state index in [9.17, 15) is 14.9 Å². The van der Waals surface area contributed by atoms with Crippen LogP contribution in [0.25, 0.3) is 21.8 Å². The monoisotopic (exact) mass is 470 g/mol. The highest BCUT2D eigenvalue weighted by Gasteiger charge is 2.43. The van der Waals surface area contributed by atoms with Gasteiger partial charge in [-0.1, -0.05) is 29.8 Å². The lowest BCUT2D eigenvalue weighted by molar-refractivity contribution is -0.136. The van der Waals surface area contributed by atoms with E-state index < -0.39 is 17.7 Å². The molecule has 1 heterocycles. The minimum atomic E-state index is -0.486. The van der Waals surface area contributed by atoms with Crippen molar-refractivity contribution in [1.82, 2.24) is 4.57 Å². The van der Waals surface area contributed by atoms with Gasteiger partial charge in [-0.3, -0.25) is 14.5 Å². The van der Waals surface area contributed by atoms with Gasteiger partial charge in [0.15, 0.2) is 0 Å². The summed E-state index contributed by atoms with van der Waals surface area (Å²) in [7, 11) is 0. The van der Waals surface area contributed by atoms with E-state index in [0.717, 1.165) is 28.4 Å². The van der Waals surface area contributed by atoms with E-state index in [0.29, 0.717) is 29.8 Å². The van der Waals surface area contributed by atoms with Crippen molar-refractivity contribution in [1.29, 1.82) is 5.26 Å². The molecule has 7 heteroatoms. The molecule has 34 heavy (non-hydrogen) atoms. The SMILES string of the molecule is CCn1c2ccccc2c2cc(N(C(=O)C3CCC3C(N)=O)c3ccc(C#N)c(Cl)c3)ccc21. The third-order valence-electron chi connectivity index (χ3n) is 6.84. The standard InChI is InChI=1S/C27H23ClN4O2/c1-2-31-24-6-4-3-5-19(24)22-13-17(9-12-25(22)31)32(18-8-7-16(15-29)23(28)14-18)27(34)21-11-10-20(21)26(30)33/h3-9,12-14,20-21H,2,10-11H2,1H3,(H2,30,33). The third-order valence-corrected chi connectivity index (χ3v) is 7.15. The summed E-state index contributed by atoms with van der Waals surface area (Å²) in [6.07, 6.45) is 1.21. The quantitative estimate of drug-likeness (QED) is 0.416. The number of amides is 2. The Kier molecular flexibility index (Phi) is 5.51. The number of fused-ring (bicyclic) bond motifs is 3. The third kappa shape index (κ3) is 3.41. The van der Waals surface area contributed by atoms with Crippen LogP contribution in [0.15, 0.2) is 60.7 Å². The first-order chi connectivity index (χ1) is 16.4. The fraction of sp³-hybridized carbons (Fsp3) is 0.222. The van der Waals surface area contributed by atoms with Crippen molar-refractivity contribution in [2.75, 3.05) is 4.90 Å². The number of halogens is 1. The van der Waals surface area contributed by atoms with Gasteiger partial charge in [-0.25, -0.2) is 0 Å². The predicted octanol–water partition coefficient (Wildman–Crippen LogP) is 5.52. The highest BCUT2D eigenvalue weighted by atomic mass is 35.5. The normalized spacial score (nSPS) is 17.3. The Morgan fingerprint density at radius 1 is 1.03 bits per heavy atom. The van der Waals surface area contributed by atoms with Gasteiger partial charge in [0.1, 0.15) is 6.07 Å². The molecule has 2 unspecified atom stereocenters. The van der Waals surface area contributed by atoms with Crippen molar-refractivity contribution in [3.8, 4) is 6.07 Å². The molecule has 0 saturated heterocycles. The Morgan fingerprint density at radius 3 is 2.35 bits per heavy atom. The first-order valence-electron chi connectivity index (χ1n) is 11.3. The molecule has 2 atom stereocenters. The number of hydrogen-bond acceptors (Lipinski definition) is 3. The number of nitrogens with zero attached hydrogens (tertiary/aromatic N) is 3. The molecule has 1 aliphatic rings. The Morgan fingerprint density at radius 2 is 1.71 bits per heavy atom. The maximum atomic E-state index is 13.8. The molecular weight excluding hydrogens is 448 g/mol. The molecule has 6 nitrogen and oxygen atoms in total. The van der Waals surface area contributed by atoms with Crippen molar-refractivity contribution in [2.24, 2.45) is 17.6 Å². The zero-order valence-corrected chi connectivity index (χ0v) is 19.4. The fourth-order valence-corrected chi connectivity index (χ4v) is 5.18. The van der Waals surface area contributed by atoms with E-state index >= 15 is 0 Å². The minimum absolute atomic E-state index is 0.200. The number of carbonyl (C=O) groups is 2. The molecule has 170 valence electrons. The molecule has 2 N–H and O–H groups in total. The lowest BCUT2D eigenvalue weighted by atomic mass is 9.72. The van der Waals surface area contributed by atoms with Crippen LogP contribution in [0.1, 0.15) is 25.3 Å². The first kappa shape index (κ1) is 22.0. The minimum Gasteiger partial charge on any atom is -0.369 e. The van der Waals surface area contributed by atoms with Crippen LogP contribution in [0.4, 0.5) is 11.4 Å². The highest BCUT2D eigenvalue weighted by Crippen LogP contribution is 2.41. The summed E-state index contributed by atoms with van der Waals surface area (Å²) in [4.78, 5) is 27.3. The van der Waals surface area contributed by atoms with Crippen molar-refractivity contribution >= 4 is 56.6 Å². The number of carbonyl (C=O) groups excluding carboxylic acids is 2. The summed E-state index contributed by atoms with van der Waals surface area (Å²) < 4.78 is 2.24. The van der Waals surface area contributed by atoms with Crippen LogP contribution < -0.4 is 10.6 Å². The highest BCUT2D eigenvalue weighted by molar-refractivity contribution is 6.32. The van der Waals surface area contributed by atoms with Crippen LogP contribution >= 0.6 is 11.6 Å².